The van der Waals surface area contributed by atoms with Crippen LogP contribution in [0.5, 0.6) is 0 Å². The lowest BCUT2D eigenvalue weighted by Gasteiger charge is -2.22. The minimum absolute atomic E-state index is 0.0216. The van der Waals surface area contributed by atoms with E-state index >= 15 is 0 Å². The third-order valence-corrected chi connectivity index (χ3v) is 4.90. The van der Waals surface area contributed by atoms with Crippen molar-refractivity contribution in [3.8, 4) is 11.3 Å². The molecule has 0 saturated carbocycles. The highest BCUT2D eigenvalue weighted by Gasteiger charge is 2.31. The number of aromatic nitrogens is 5. The summed E-state index contributed by atoms with van der Waals surface area (Å²) in [4.78, 5) is 14.7. The Balaban J connectivity index is 1.50. The number of imidazole rings is 1. The molecule has 1 fully saturated rings. The van der Waals surface area contributed by atoms with Crippen LogP contribution in [0, 0.1) is 5.82 Å². The molecule has 0 spiro atoms. The minimum atomic E-state index is -0.274. The molecular weight excluding hydrogens is 343 g/mol. The van der Waals surface area contributed by atoms with Crippen molar-refractivity contribution in [1.29, 1.82) is 0 Å². The second kappa shape index (κ2) is 6.42. The standard InChI is InChI=1S/C20H17FN6/c21-14-8-9-15-16(11-14)24-19(23-15)18-7-4-10-27(18)20-25-17(12-22-26-20)13-5-2-1-3-6-13/h1-3,5-6,8-9,11-12,18H,4,7,10H2,(H,23,24). The van der Waals surface area contributed by atoms with Crippen LogP contribution in [-0.2, 0) is 0 Å². The Hall–Kier alpha value is -3.35. The van der Waals surface area contributed by atoms with Gasteiger partial charge in [-0.2, -0.15) is 5.10 Å². The van der Waals surface area contributed by atoms with Crippen LogP contribution in [0.1, 0.15) is 24.7 Å². The molecule has 3 heterocycles. The summed E-state index contributed by atoms with van der Waals surface area (Å²) in [5.74, 6) is 1.12. The maximum atomic E-state index is 13.5. The topological polar surface area (TPSA) is 70.6 Å². The van der Waals surface area contributed by atoms with Gasteiger partial charge in [0.25, 0.3) is 0 Å². The predicted molar refractivity (Wildman–Crippen MR) is 101 cm³/mol. The van der Waals surface area contributed by atoms with Crippen LogP contribution in [-0.4, -0.2) is 31.7 Å². The minimum Gasteiger partial charge on any atom is -0.340 e. The Bertz CT molecular complexity index is 1090. The average Bonchev–Trinajstić information content (AvgIpc) is 3.35. The third kappa shape index (κ3) is 2.91. The zero-order chi connectivity index (χ0) is 18.2. The molecule has 2 aromatic heterocycles. The molecule has 1 aliphatic rings. The molecule has 1 aliphatic heterocycles. The van der Waals surface area contributed by atoms with E-state index in [0.29, 0.717) is 11.5 Å². The molecular formula is C20H17FN6. The Morgan fingerprint density at radius 2 is 1.96 bits per heavy atom. The number of H-pyrrole nitrogens is 1. The van der Waals surface area contributed by atoms with Gasteiger partial charge in [0, 0.05) is 12.1 Å². The van der Waals surface area contributed by atoms with Crippen molar-refractivity contribution in [2.75, 3.05) is 11.4 Å². The van der Waals surface area contributed by atoms with E-state index in [9.17, 15) is 4.39 Å². The lowest BCUT2D eigenvalue weighted by atomic mass is 10.2. The molecule has 1 unspecified atom stereocenters. The van der Waals surface area contributed by atoms with Crippen LogP contribution >= 0.6 is 0 Å². The Kier molecular flexibility index (Phi) is 3.78. The highest BCUT2D eigenvalue weighted by molar-refractivity contribution is 5.75. The van der Waals surface area contributed by atoms with Crippen molar-refractivity contribution in [2.24, 2.45) is 0 Å². The van der Waals surface area contributed by atoms with Crippen molar-refractivity contribution in [2.45, 2.75) is 18.9 Å². The van der Waals surface area contributed by atoms with Crippen LogP contribution in [0.15, 0.2) is 54.7 Å². The van der Waals surface area contributed by atoms with Gasteiger partial charge in [0.15, 0.2) is 0 Å². The van der Waals surface area contributed by atoms with Crippen LogP contribution in [0.4, 0.5) is 10.3 Å². The van der Waals surface area contributed by atoms with Crippen molar-refractivity contribution in [1.82, 2.24) is 25.1 Å². The predicted octanol–water partition coefficient (Wildman–Crippen LogP) is 3.90. The molecule has 0 aliphatic carbocycles. The van der Waals surface area contributed by atoms with Crippen LogP contribution in [0.3, 0.4) is 0 Å². The van der Waals surface area contributed by atoms with Gasteiger partial charge in [-0.05, 0) is 31.0 Å². The van der Waals surface area contributed by atoms with Crippen molar-refractivity contribution in [3.63, 3.8) is 0 Å². The van der Waals surface area contributed by atoms with Crippen molar-refractivity contribution >= 4 is 17.0 Å². The number of hydrogen-bond acceptors (Lipinski definition) is 5. The fourth-order valence-corrected chi connectivity index (χ4v) is 3.61. The number of aromatic amines is 1. The van der Waals surface area contributed by atoms with Crippen LogP contribution < -0.4 is 4.90 Å². The molecule has 27 heavy (non-hydrogen) atoms. The zero-order valence-electron chi connectivity index (χ0n) is 14.5. The van der Waals surface area contributed by atoms with E-state index < -0.39 is 0 Å². The number of rotatable bonds is 3. The molecule has 6 nitrogen and oxygen atoms in total. The number of benzene rings is 2. The summed E-state index contributed by atoms with van der Waals surface area (Å²) in [5.41, 5.74) is 3.26. The fraction of sp³-hybridized carbons (Fsp3) is 0.200. The van der Waals surface area contributed by atoms with Crippen molar-refractivity contribution < 1.29 is 4.39 Å². The Morgan fingerprint density at radius 3 is 2.85 bits per heavy atom. The first-order valence-electron chi connectivity index (χ1n) is 8.95. The highest BCUT2D eigenvalue weighted by Crippen LogP contribution is 2.34. The normalized spacial score (nSPS) is 16.9. The maximum Gasteiger partial charge on any atom is 0.246 e. The van der Waals surface area contributed by atoms with Crippen molar-refractivity contribution in [3.05, 3.63) is 66.4 Å². The first-order valence-corrected chi connectivity index (χ1v) is 8.95. The Labute approximate surface area is 155 Å². The van der Waals surface area contributed by atoms with Gasteiger partial charge >= 0.3 is 0 Å². The number of halogens is 1. The van der Waals surface area contributed by atoms with E-state index in [4.69, 9.17) is 4.98 Å². The smallest absolute Gasteiger partial charge is 0.246 e. The molecule has 2 aromatic carbocycles. The number of fused-ring (bicyclic) bond motifs is 1. The second-order valence-corrected chi connectivity index (χ2v) is 6.64. The summed E-state index contributed by atoms with van der Waals surface area (Å²) in [6.07, 6.45) is 3.62. The Morgan fingerprint density at radius 1 is 1.07 bits per heavy atom. The van der Waals surface area contributed by atoms with Gasteiger partial charge in [-0.15, -0.1) is 5.10 Å². The zero-order valence-corrected chi connectivity index (χ0v) is 14.5. The maximum absolute atomic E-state index is 13.5. The molecule has 1 N–H and O–H groups in total. The second-order valence-electron chi connectivity index (χ2n) is 6.64. The summed E-state index contributed by atoms with van der Waals surface area (Å²) >= 11 is 0. The SMILES string of the molecule is Fc1ccc2nc(C3CCCN3c3nncc(-c4ccccc4)n3)[nH]c2c1. The van der Waals surface area contributed by atoms with Gasteiger partial charge < -0.3 is 9.88 Å². The monoisotopic (exact) mass is 360 g/mol. The fourth-order valence-electron chi connectivity index (χ4n) is 3.61. The molecule has 1 saturated heterocycles. The quantitative estimate of drug-likeness (QED) is 0.600. The van der Waals surface area contributed by atoms with E-state index in [1.54, 1.807) is 12.3 Å². The number of nitrogens with zero attached hydrogens (tertiary/aromatic N) is 5. The molecule has 0 bridgehead atoms. The van der Waals surface area contributed by atoms with Crippen LogP contribution in [0.25, 0.3) is 22.3 Å². The van der Waals surface area contributed by atoms with E-state index in [2.05, 4.69) is 25.1 Å². The summed E-state index contributed by atoms with van der Waals surface area (Å²) in [7, 11) is 0. The van der Waals surface area contributed by atoms with Gasteiger partial charge in [0.05, 0.1) is 29.0 Å². The molecule has 7 heteroatoms. The van der Waals surface area contributed by atoms with E-state index in [1.165, 1.54) is 12.1 Å². The first kappa shape index (κ1) is 15.9. The van der Waals surface area contributed by atoms with E-state index in [-0.39, 0.29) is 11.9 Å². The third-order valence-electron chi connectivity index (χ3n) is 4.90. The van der Waals surface area contributed by atoms with E-state index in [0.717, 1.165) is 42.0 Å². The van der Waals surface area contributed by atoms with Crippen LogP contribution in [0.2, 0.25) is 0 Å². The van der Waals surface area contributed by atoms with Gasteiger partial charge in [-0.1, -0.05) is 30.3 Å². The number of nitrogens with one attached hydrogen (secondary N) is 1. The molecule has 4 aromatic rings. The van der Waals surface area contributed by atoms with Gasteiger partial charge in [-0.3, -0.25) is 0 Å². The molecule has 1 atom stereocenters. The van der Waals surface area contributed by atoms with E-state index in [1.807, 2.05) is 30.3 Å². The summed E-state index contributed by atoms with van der Waals surface area (Å²) in [5, 5.41) is 8.41. The molecule has 5 rings (SSSR count). The summed E-state index contributed by atoms with van der Waals surface area (Å²) in [6, 6.07) is 14.5. The largest absolute Gasteiger partial charge is 0.340 e. The lowest BCUT2D eigenvalue weighted by molar-refractivity contribution is 0.629. The number of hydrogen-bond donors (Lipinski definition) is 1. The molecule has 134 valence electrons. The van der Waals surface area contributed by atoms with Gasteiger partial charge in [0.1, 0.15) is 11.6 Å². The summed E-state index contributed by atoms with van der Waals surface area (Å²) in [6.45, 7) is 0.829. The highest BCUT2D eigenvalue weighted by atomic mass is 19.1. The number of anilines is 1. The lowest BCUT2D eigenvalue weighted by Crippen LogP contribution is -2.26. The first-order chi connectivity index (χ1) is 13.3. The average molecular weight is 360 g/mol. The molecule has 0 radical (unpaired) electrons. The molecule has 0 amide bonds. The van der Waals surface area contributed by atoms with Gasteiger partial charge in [0.2, 0.25) is 5.95 Å². The summed E-state index contributed by atoms with van der Waals surface area (Å²) < 4.78 is 13.5. The van der Waals surface area contributed by atoms with Gasteiger partial charge in [-0.25, -0.2) is 14.4 Å².